The number of likely N-dealkylation sites (N-methyl/N-ethyl adjacent to an activating group) is 1. The van der Waals surface area contributed by atoms with Crippen LogP contribution in [0.1, 0.15) is 91.7 Å². The molecule has 8 heteroatoms. The van der Waals surface area contributed by atoms with Crippen LogP contribution < -0.4 is 5.32 Å². The highest BCUT2D eigenvalue weighted by molar-refractivity contribution is 5.83. The van der Waals surface area contributed by atoms with E-state index in [1.165, 1.54) is 16.3 Å². The van der Waals surface area contributed by atoms with Crippen molar-refractivity contribution in [1.82, 2.24) is 10.2 Å². The Bertz CT molecular complexity index is 1980. The van der Waals surface area contributed by atoms with Crippen molar-refractivity contribution in [3.8, 4) is 11.1 Å². The van der Waals surface area contributed by atoms with Gasteiger partial charge in [-0.3, -0.25) is 14.5 Å². The normalized spacial score (nSPS) is 17.8. The van der Waals surface area contributed by atoms with Crippen molar-refractivity contribution in [2.45, 2.75) is 83.1 Å². The van der Waals surface area contributed by atoms with Gasteiger partial charge in [0.25, 0.3) is 0 Å². The van der Waals surface area contributed by atoms with Crippen LogP contribution in [0.5, 0.6) is 0 Å². The molecule has 8 nitrogen and oxygen atoms in total. The first-order chi connectivity index (χ1) is 25.7. The van der Waals surface area contributed by atoms with E-state index < -0.39 is 12.3 Å². The molecule has 1 fully saturated rings. The Balaban J connectivity index is 1.15. The predicted octanol–water partition coefficient (Wildman–Crippen LogP) is 8.89. The summed E-state index contributed by atoms with van der Waals surface area (Å²) in [6.07, 6.45) is 2.32. The zero-order valence-electron chi connectivity index (χ0n) is 30.6. The number of carbonyl (C=O) groups excluding carboxylic acids is 1. The molecule has 1 amide bonds. The van der Waals surface area contributed by atoms with Crippen molar-refractivity contribution < 1.29 is 29.3 Å². The molecule has 1 heterocycles. The number of aliphatic carboxylic acids is 1. The first kappa shape index (κ1) is 37.9. The molecule has 0 spiro atoms. The molecule has 0 saturated carbocycles. The molecular formula is C45H50N2O6. The molecule has 3 N–H and O–H groups in total. The molecule has 5 aromatic carbocycles. The van der Waals surface area contributed by atoms with Gasteiger partial charge in [0.1, 0.15) is 0 Å². The lowest BCUT2D eigenvalue weighted by atomic mass is 9.97. The number of rotatable bonds is 16. The van der Waals surface area contributed by atoms with Crippen molar-refractivity contribution in [2.24, 2.45) is 0 Å². The average Bonchev–Trinajstić information content (AvgIpc) is 3.19. The summed E-state index contributed by atoms with van der Waals surface area (Å²) >= 11 is 0. The number of hydrogen-bond acceptors (Lipinski definition) is 6. The molecule has 53 heavy (non-hydrogen) atoms. The molecule has 1 aliphatic rings. The third-order valence-corrected chi connectivity index (χ3v) is 10.2. The lowest BCUT2D eigenvalue weighted by molar-refractivity contribution is -0.253. The number of hydrogen-bond donors (Lipinski definition) is 3. The third-order valence-electron chi connectivity index (χ3n) is 10.2. The van der Waals surface area contributed by atoms with Gasteiger partial charge in [0, 0.05) is 44.0 Å². The minimum atomic E-state index is -0.803. The number of carbonyl (C=O) groups is 2. The summed E-state index contributed by atoms with van der Waals surface area (Å²) in [5.41, 5.74) is 7.14. The van der Waals surface area contributed by atoms with Gasteiger partial charge in [-0.2, -0.15) is 0 Å². The van der Waals surface area contributed by atoms with Gasteiger partial charge in [-0.25, -0.2) is 0 Å². The Morgan fingerprint density at radius 2 is 1.51 bits per heavy atom. The van der Waals surface area contributed by atoms with Crippen LogP contribution in [0.3, 0.4) is 0 Å². The van der Waals surface area contributed by atoms with Gasteiger partial charge in [0.2, 0.25) is 5.91 Å². The standard InChI is InChI=1S/C45H50N2O6/c1-31(36-23-22-34-11-6-7-12-38(34)25-36)47(2)29-41-27-42(35-20-18-32(30-48)19-21-35)53-45(52-41)40-15-9-14-39(26-40)37-13-8-10-33(24-37)28-46-43(49)16-4-3-5-17-44(50)51/h6-15,18-26,31,41-42,45,48H,3-5,16-17,27-30H2,1-2H3,(H,46,49)(H,50,51)/t31-,41+,42-,45-/m1/s1. The Morgan fingerprint density at radius 3 is 2.28 bits per heavy atom. The van der Waals surface area contributed by atoms with Gasteiger partial charge in [-0.1, -0.05) is 103 Å². The van der Waals surface area contributed by atoms with Crippen LogP contribution in [0, 0.1) is 0 Å². The molecule has 0 radical (unpaired) electrons. The van der Waals surface area contributed by atoms with Gasteiger partial charge in [0.15, 0.2) is 6.29 Å². The molecule has 0 unspecified atom stereocenters. The number of aliphatic hydroxyl groups excluding tert-OH is 1. The minimum absolute atomic E-state index is 0.00579. The molecule has 5 aromatic rings. The van der Waals surface area contributed by atoms with Crippen molar-refractivity contribution >= 4 is 22.6 Å². The zero-order valence-corrected chi connectivity index (χ0v) is 30.6. The summed E-state index contributed by atoms with van der Waals surface area (Å²) in [5.74, 6) is -0.838. The third kappa shape index (κ3) is 10.4. The monoisotopic (exact) mass is 714 g/mol. The predicted molar refractivity (Wildman–Crippen MR) is 208 cm³/mol. The summed E-state index contributed by atoms with van der Waals surface area (Å²) in [6, 6.07) is 39.7. The van der Waals surface area contributed by atoms with E-state index in [0.29, 0.717) is 32.2 Å². The number of nitrogens with zero attached hydrogens (tertiary/aromatic N) is 1. The van der Waals surface area contributed by atoms with Crippen LogP contribution >= 0.6 is 0 Å². The smallest absolute Gasteiger partial charge is 0.303 e. The van der Waals surface area contributed by atoms with E-state index in [9.17, 15) is 14.7 Å². The summed E-state index contributed by atoms with van der Waals surface area (Å²) in [7, 11) is 2.15. The number of ether oxygens (including phenoxy) is 2. The molecule has 276 valence electrons. The molecule has 0 aliphatic carbocycles. The fraction of sp³-hybridized carbons (Fsp3) is 0.333. The van der Waals surface area contributed by atoms with Crippen LogP contribution in [-0.4, -0.2) is 46.7 Å². The number of carboxylic acid groups (broad SMARTS) is 1. The maximum absolute atomic E-state index is 12.4. The maximum Gasteiger partial charge on any atom is 0.303 e. The molecule has 0 aromatic heterocycles. The second-order valence-corrected chi connectivity index (χ2v) is 14.1. The van der Waals surface area contributed by atoms with E-state index in [0.717, 1.165) is 46.3 Å². The fourth-order valence-corrected chi connectivity index (χ4v) is 6.99. The number of nitrogens with one attached hydrogen (secondary N) is 1. The second kappa shape index (κ2) is 18.3. The van der Waals surface area contributed by atoms with Gasteiger partial charge < -0.3 is 25.0 Å². The molecule has 0 bridgehead atoms. The quantitative estimate of drug-likeness (QED) is 0.0877. The van der Waals surface area contributed by atoms with Crippen molar-refractivity contribution in [2.75, 3.05) is 13.6 Å². The number of carboxylic acids is 1. The Kier molecular flexibility index (Phi) is 13.0. The highest BCUT2D eigenvalue weighted by Crippen LogP contribution is 2.39. The topological polar surface area (TPSA) is 108 Å². The maximum atomic E-state index is 12.4. The lowest BCUT2D eigenvalue weighted by Crippen LogP contribution is -2.38. The highest BCUT2D eigenvalue weighted by Gasteiger charge is 2.33. The lowest BCUT2D eigenvalue weighted by Gasteiger charge is -2.39. The van der Waals surface area contributed by atoms with E-state index in [1.54, 1.807) is 0 Å². The number of amides is 1. The van der Waals surface area contributed by atoms with Crippen LogP contribution in [0.15, 0.2) is 115 Å². The van der Waals surface area contributed by atoms with Gasteiger partial charge in [-0.05, 0) is 89.2 Å². The zero-order chi connectivity index (χ0) is 37.2. The summed E-state index contributed by atoms with van der Waals surface area (Å²) in [5, 5.41) is 23.9. The van der Waals surface area contributed by atoms with Crippen LogP contribution in [0.4, 0.5) is 0 Å². The van der Waals surface area contributed by atoms with E-state index >= 15 is 0 Å². The minimum Gasteiger partial charge on any atom is -0.481 e. The Hall–Kier alpha value is -4.86. The van der Waals surface area contributed by atoms with E-state index in [4.69, 9.17) is 14.6 Å². The molecule has 4 atom stereocenters. The molecule has 1 aliphatic heterocycles. The van der Waals surface area contributed by atoms with Crippen molar-refractivity contribution in [3.05, 3.63) is 143 Å². The number of fused-ring (bicyclic) bond motifs is 1. The first-order valence-electron chi connectivity index (χ1n) is 18.6. The van der Waals surface area contributed by atoms with E-state index in [2.05, 4.69) is 90.9 Å². The van der Waals surface area contributed by atoms with E-state index in [1.807, 2.05) is 48.5 Å². The molecule has 1 saturated heterocycles. The number of aliphatic hydroxyl groups is 1. The van der Waals surface area contributed by atoms with Crippen LogP contribution in [0.2, 0.25) is 0 Å². The van der Waals surface area contributed by atoms with Gasteiger partial charge in [-0.15, -0.1) is 0 Å². The summed E-state index contributed by atoms with van der Waals surface area (Å²) < 4.78 is 13.5. The summed E-state index contributed by atoms with van der Waals surface area (Å²) in [4.78, 5) is 25.5. The van der Waals surface area contributed by atoms with Crippen LogP contribution in [-0.2, 0) is 32.2 Å². The Labute approximate surface area is 312 Å². The van der Waals surface area contributed by atoms with Gasteiger partial charge >= 0.3 is 5.97 Å². The molecule has 6 rings (SSSR count). The number of benzene rings is 5. The van der Waals surface area contributed by atoms with E-state index in [-0.39, 0.29) is 37.2 Å². The molecular weight excluding hydrogens is 665 g/mol. The van der Waals surface area contributed by atoms with Crippen molar-refractivity contribution in [1.29, 1.82) is 0 Å². The Morgan fingerprint density at radius 1 is 0.774 bits per heavy atom. The largest absolute Gasteiger partial charge is 0.481 e. The first-order valence-corrected chi connectivity index (χ1v) is 18.6. The summed E-state index contributed by atoms with van der Waals surface area (Å²) in [6.45, 7) is 3.36. The highest BCUT2D eigenvalue weighted by atomic mass is 16.7. The number of unbranched alkanes of at least 4 members (excludes halogenated alkanes) is 2. The SMILES string of the molecule is C[C@H](c1ccc2ccccc2c1)N(C)C[C@@H]1C[C@H](c2ccc(CO)cc2)O[C@H](c2cccc(-c3cccc(CNC(=O)CCCCCC(=O)O)c3)c2)O1. The fourth-order valence-electron chi connectivity index (χ4n) is 6.99. The van der Waals surface area contributed by atoms with Crippen molar-refractivity contribution in [3.63, 3.8) is 0 Å². The second-order valence-electron chi connectivity index (χ2n) is 14.1. The van der Waals surface area contributed by atoms with Gasteiger partial charge in [0.05, 0.1) is 18.8 Å². The van der Waals surface area contributed by atoms with Crippen LogP contribution in [0.25, 0.3) is 21.9 Å². The average molecular weight is 715 g/mol.